The molecule has 1 amide bonds. The lowest BCUT2D eigenvalue weighted by molar-refractivity contribution is -0.131. The molecule has 140 valence electrons. The van der Waals surface area contributed by atoms with E-state index < -0.39 is 17.7 Å². The third-order valence-electron chi connectivity index (χ3n) is 4.88. The van der Waals surface area contributed by atoms with Gasteiger partial charge in [0.25, 0.3) is 5.91 Å². The fourth-order valence-corrected chi connectivity index (χ4v) is 4.74. The summed E-state index contributed by atoms with van der Waals surface area (Å²) in [5, 5.41) is 12.4. The zero-order chi connectivity index (χ0) is 19.0. The first-order valence-electron chi connectivity index (χ1n) is 8.75. The number of hydrogen-bond acceptors (Lipinski definition) is 5. The van der Waals surface area contributed by atoms with E-state index in [0.29, 0.717) is 18.0 Å². The Kier molecular flexibility index (Phi) is 5.16. The molecule has 2 aliphatic heterocycles. The van der Waals surface area contributed by atoms with Crippen molar-refractivity contribution in [3.8, 4) is 0 Å². The second-order valence-electron chi connectivity index (χ2n) is 6.62. The van der Waals surface area contributed by atoms with Gasteiger partial charge < -0.3 is 14.7 Å². The molecule has 7 heteroatoms. The number of benzene rings is 1. The summed E-state index contributed by atoms with van der Waals surface area (Å²) < 4.78 is 6.53. The van der Waals surface area contributed by atoms with Crippen LogP contribution in [0.15, 0.2) is 57.6 Å². The Morgan fingerprint density at radius 1 is 1.33 bits per heavy atom. The van der Waals surface area contributed by atoms with Crippen molar-refractivity contribution in [2.75, 3.05) is 13.2 Å². The van der Waals surface area contributed by atoms with Gasteiger partial charge in [0.15, 0.2) is 5.76 Å². The molecule has 1 fully saturated rings. The summed E-state index contributed by atoms with van der Waals surface area (Å²) in [4.78, 5) is 28.0. The highest BCUT2D eigenvalue weighted by Gasteiger charge is 2.45. The number of Topliss-reactive ketones (excluding diaryl/α,β-unsaturated/α-hetero) is 1. The predicted octanol–water partition coefficient (Wildman–Crippen LogP) is 4.27. The molecule has 0 saturated carbocycles. The molecular formula is C20H18BrNO4S. The number of aliphatic hydroxyl groups is 1. The van der Waals surface area contributed by atoms with Crippen LogP contribution in [0.2, 0.25) is 0 Å². The Hall–Kier alpha value is -1.96. The van der Waals surface area contributed by atoms with Gasteiger partial charge in [-0.05, 0) is 42.0 Å². The molecule has 2 aromatic rings. The van der Waals surface area contributed by atoms with Crippen molar-refractivity contribution in [3.63, 3.8) is 0 Å². The second kappa shape index (κ2) is 7.58. The summed E-state index contributed by atoms with van der Waals surface area (Å²) in [6, 6.07) is 10.3. The minimum atomic E-state index is -0.631. The maximum atomic E-state index is 13.1. The fraction of sp³-hybridized carbons (Fsp3) is 0.300. The van der Waals surface area contributed by atoms with E-state index in [4.69, 9.17) is 4.74 Å². The molecule has 1 saturated heterocycles. The van der Waals surface area contributed by atoms with Crippen LogP contribution in [-0.2, 0) is 9.53 Å². The number of ether oxygens (including phenoxy) is 1. The molecule has 0 aliphatic carbocycles. The number of halogens is 1. The summed E-state index contributed by atoms with van der Waals surface area (Å²) in [6.45, 7) is 1.02. The van der Waals surface area contributed by atoms with Crippen LogP contribution in [0.5, 0.6) is 0 Å². The van der Waals surface area contributed by atoms with Crippen molar-refractivity contribution < 1.29 is 19.4 Å². The monoisotopic (exact) mass is 447 g/mol. The molecular weight excluding hydrogens is 430 g/mol. The normalized spacial score (nSPS) is 22.7. The van der Waals surface area contributed by atoms with E-state index in [1.807, 2.05) is 24.3 Å². The van der Waals surface area contributed by atoms with Gasteiger partial charge in [-0.25, -0.2) is 0 Å². The van der Waals surface area contributed by atoms with Crippen molar-refractivity contribution in [3.05, 3.63) is 68.0 Å². The van der Waals surface area contributed by atoms with Crippen molar-refractivity contribution in [2.24, 2.45) is 0 Å². The lowest BCUT2D eigenvalue weighted by Gasteiger charge is -2.29. The molecule has 1 aromatic heterocycles. The standard InChI is InChI=1S/C20H18BrNO4S/c21-13-5-1-4-12(10-13)17-16(18(23)15-7-3-9-27-15)19(24)20(25)22(17)11-14-6-2-8-26-14/h1,3-5,7,9-10,14,17,24H,2,6,8,11H2. The van der Waals surface area contributed by atoms with Crippen LogP contribution < -0.4 is 0 Å². The van der Waals surface area contributed by atoms with Crippen LogP contribution >= 0.6 is 27.3 Å². The second-order valence-corrected chi connectivity index (χ2v) is 8.48. The lowest BCUT2D eigenvalue weighted by atomic mass is 9.95. The minimum absolute atomic E-state index is 0.0763. The number of hydrogen-bond donors (Lipinski definition) is 1. The first kappa shape index (κ1) is 18.4. The van der Waals surface area contributed by atoms with E-state index in [2.05, 4.69) is 15.9 Å². The summed E-state index contributed by atoms with van der Waals surface area (Å²) >= 11 is 4.75. The average molecular weight is 448 g/mol. The number of nitrogens with zero attached hydrogens (tertiary/aromatic N) is 1. The first-order chi connectivity index (χ1) is 13.1. The highest BCUT2D eigenvalue weighted by atomic mass is 79.9. The summed E-state index contributed by atoms with van der Waals surface area (Å²) in [7, 11) is 0. The van der Waals surface area contributed by atoms with E-state index in [0.717, 1.165) is 22.9 Å². The van der Waals surface area contributed by atoms with Crippen molar-refractivity contribution in [1.29, 1.82) is 0 Å². The van der Waals surface area contributed by atoms with Gasteiger partial charge in [0.2, 0.25) is 5.78 Å². The van der Waals surface area contributed by atoms with Crippen molar-refractivity contribution >= 4 is 39.0 Å². The molecule has 2 atom stereocenters. The van der Waals surface area contributed by atoms with Gasteiger partial charge in [0.05, 0.1) is 22.6 Å². The molecule has 2 unspecified atom stereocenters. The molecule has 4 rings (SSSR count). The van der Waals surface area contributed by atoms with Crippen molar-refractivity contribution in [1.82, 2.24) is 4.90 Å². The third-order valence-corrected chi connectivity index (χ3v) is 6.24. The fourth-order valence-electron chi connectivity index (χ4n) is 3.65. The minimum Gasteiger partial charge on any atom is -0.503 e. The van der Waals surface area contributed by atoms with Crippen LogP contribution in [-0.4, -0.2) is 41.0 Å². The molecule has 0 radical (unpaired) electrons. The molecule has 0 spiro atoms. The summed E-state index contributed by atoms with van der Waals surface area (Å²) in [6.07, 6.45) is 1.74. The van der Waals surface area contributed by atoms with E-state index in [1.165, 1.54) is 11.3 Å². The smallest absolute Gasteiger partial charge is 0.290 e. The quantitative estimate of drug-likeness (QED) is 0.694. The number of amides is 1. The summed E-state index contributed by atoms with van der Waals surface area (Å²) in [5.74, 6) is -1.29. The van der Waals surface area contributed by atoms with E-state index in [1.54, 1.807) is 22.4 Å². The van der Waals surface area contributed by atoms with Gasteiger partial charge in [-0.2, -0.15) is 0 Å². The maximum Gasteiger partial charge on any atom is 0.290 e. The molecule has 27 heavy (non-hydrogen) atoms. The highest BCUT2D eigenvalue weighted by Crippen LogP contribution is 2.40. The van der Waals surface area contributed by atoms with Crippen molar-refractivity contribution in [2.45, 2.75) is 25.0 Å². The van der Waals surface area contributed by atoms with Gasteiger partial charge in [0.1, 0.15) is 0 Å². The SMILES string of the molecule is O=C(C1=C(O)C(=O)N(CC2CCCO2)C1c1cccc(Br)c1)c1cccs1. The van der Waals surface area contributed by atoms with Crippen LogP contribution in [0.1, 0.15) is 34.1 Å². The third kappa shape index (κ3) is 3.47. The first-order valence-corrected chi connectivity index (χ1v) is 10.4. The molecule has 3 heterocycles. The Labute approximate surface area is 169 Å². The maximum absolute atomic E-state index is 13.1. The van der Waals surface area contributed by atoms with Gasteiger partial charge in [0, 0.05) is 17.6 Å². The van der Waals surface area contributed by atoms with E-state index >= 15 is 0 Å². The van der Waals surface area contributed by atoms with Crippen LogP contribution in [0.4, 0.5) is 0 Å². The predicted molar refractivity (Wildman–Crippen MR) is 106 cm³/mol. The zero-order valence-corrected chi connectivity index (χ0v) is 16.8. The number of ketones is 1. The van der Waals surface area contributed by atoms with E-state index in [9.17, 15) is 14.7 Å². The number of carbonyl (C=O) groups excluding carboxylic acids is 2. The Bertz CT molecular complexity index is 902. The molecule has 5 nitrogen and oxygen atoms in total. The van der Waals surface area contributed by atoms with Crippen LogP contribution in [0.3, 0.4) is 0 Å². The Morgan fingerprint density at radius 2 is 2.19 bits per heavy atom. The highest BCUT2D eigenvalue weighted by molar-refractivity contribution is 9.10. The molecule has 1 aromatic carbocycles. The van der Waals surface area contributed by atoms with E-state index in [-0.39, 0.29) is 17.5 Å². The molecule has 1 N–H and O–H groups in total. The van der Waals surface area contributed by atoms with Gasteiger partial charge in [-0.15, -0.1) is 11.3 Å². The van der Waals surface area contributed by atoms with Gasteiger partial charge in [-0.1, -0.05) is 34.1 Å². The topological polar surface area (TPSA) is 66.8 Å². The number of carbonyl (C=O) groups is 2. The van der Waals surface area contributed by atoms with Crippen LogP contribution in [0.25, 0.3) is 0 Å². The number of thiophene rings is 1. The number of aliphatic hydroxyl groups excluding tert-OH is 1. The average Bonchev–Trinajstić information content (AvgIpc) is 3.40. The van der Waals surface area contributed by atoms with Gasteiger partial charge >= 0.3 is 0 Å². The van der Waals surface area contributed by atoms with Crippen LogP contribution in [0, 0.1) is 0 Å². The largest absolute Gasteiger partial charge is 0.503 e. The number of rotatable bonds is 5. The zero-order valence-electron chi connectivity index (χ0n) is 14.4. The lowest BCUT2D eigenvalue weighted by Crippen LogP contribution is -2.37. The Balaban J connectivity index is 1.76. The molecule has 2 aliphatic rings. The summed E-state index contributed by atoms with van der Waals surface area (Å²) in [5.41, 5.74) is 0.915. The molecule has 0 bridgehead atoms. The van der Waals surface area contributed by atoms with Gasteiger partial charge in [-0.3, -0.25) is 9.59 Å². The Morgan fingerprint density at radius 3 is 2.85 bits per heavy atom.